The number of hydrogen-bond acceptors (Lipinski definition) is 2. The van der Waals surface area contributed by atoms with Crippen LogP contribution in [0.5, 0.6) is 0 Å². The van der Waals surface area contributed by atoms with Crippen LogP contribution in [-0.4, -0.2) is 49.1 Å². The van der Waals surface area contributed by atoms with E-state index in [1.165, 1.54) is 0 Å². The molecule has 1 aliphatic heterocycles. The number of hydrogen-bond donors (Lipinski definition) is 1. The third kappa shape index (κ3) is 5.30. The second-order valence-electron chi connectivity index (χ2n) is 4.43. The van der Waals surface area contributed by atoms with Crippen LogP contribution in [0.1, 0.15) is 19.4 Å². The van der Waals surface area contributed by atoms with Crippen molar-refractivity contribution >= 4 is 6.03 Å². The predicted molar refractivity (Wildman–Crippen MR) is 79.1 cm³/mol. The summed E-state index contributed by atoms with van der Waals surface area (Å²) >= 11 is 0. The van der Waals surface area contributed by atoms with E-state index >= 15 is 0 Å². The van der Waals surface area contributed by atoms with Gasteiger partial charge in [-0.25, -0.2) is 4.79 Å². The summed E-state index contributed by atoms with van der Waals surface area (Å²) in [5.41, 5.74) is 1.13. The summed E-state index contributed by atoms with van der Waals surface area (Å²) in [5.74, 6) is 0. The Morgan fingerprint density at radius 1 is 1.11 bits per heavy atom. The Hall–Kier alpha value is -1.55. The van der Waals surface area contributed by atoms with Crippen LogP contribution in [0.2, 0.25) is 0 Å². The summed E-state index contributed by atoms with van der Waals surface area (Å²) in [4.78, 5) is 16.0. The fraction of sp³-hybridized carbons (Fsp3) is 0.533. The molecule has 4 heteroatoms. The van der Waals surface area contributed by atoms with Gasteiger partial charge in [-0.15, -0.1) is 0 Å². The Morgan fingerprint density at radius 2 is 1.68 bits per heavy atom. The largest absolute Gasteiger partial charge is 0.334 e. The highest BCUT2D eigenvalue weighted by Gasteiger charge is 2.18. The molecule has 0 spiro atoms. The lowest BCUT2D eigenvalue weighted by Crippen LogP contribution is -2.50. The molecule has 0 radical (unpaired) electrons. The van der Waals surface area contributed by atoms with Gasteiger partial charge < -0.3 is 15.1 Å². The molecule has 1 heterocycles. The number of nitrogens with one attached hydrogen (secondary N) is 1. The van der Waals surface area contributed by atoms with E-state index in [4.69, 9.17) is 0 Å². The monoisotopic (exact) mass is 263 g/mol. The van der Waals surface area contributed by atoms with Gasteiger partial charge in [-0.3, -0.25) is 0 Å². The topological polar surface area (TPSA) is 35.6 Å². The van der Waals surface area contributed by atoms with Crippen LogP contribution in [0.25, 0.3) is 0 Å². The standard InChI is InChI=1S/C13H19N3O.C2H6/c1-15-7-9-16(10-8-15)13(17)14-11-12-5-3-2-4-6-12;1-2/h2-6H,7-11H2,1H3,(H,14,17);1-2H3. The van der Waals surface area contributed by atoms with Gasteiger partial charge in [-0.1, -0.05) is 44.2 Å². The summed E-state index contributed by atoms with van der Waals surface area (Å²) in [7, 11) is 2.08. The number of urea groups is 1. The lowest BCUT2D eigenvalue weighted by molar-refractivity contribution is 0.154. The van der Waals surface area contributed by atoms with Crippen molar-refractivity contribution in [3.63, 3.8) is 0 Å². The van der Waals surface area contributed by atoms with Crippen molar-refractivity contribution < 1.29 is 4.79 Å². The smallest absolute Gasteiger partial charge is 0.317 e. The molecule has 0 unspecified atom stereocenters. The highest BCUT2D eigenvalue weighted by atomic mass is 16.2. The van der Waals surface area contributed by atoms with Crippen LogP contribution >= 0.6 is 0 Å². The first-order valence-corrected chi connectivity index (χ1v) is 7.01. The van der Waals surface area contributed by atoms with Crippen LogP contribution < -0.4 is 5.32 Å². The lowest BCUT2D eigenvalue weighted by atomic mass is 10.2. The molecule has 1 aliphatic rings. The van der Waals surface area contributed by atoms with Gasteiger partial charge in [0.2, 0.25) is 0 Å². The van der Waals surface area contributed by atoms with Gasteiger partial charge >= 0.3 is 6.03 Å². The first kappa shape index (κ1) is 15.5. The number of piperazine rings is 1. The maximum Gasteiger partial charge on any atom is 0.317 e. The van der Waals surface area contributed by atoms with Crippen molar-refractivity contribution in [2.45, 2.75) is 20.4 Å². The van der Waals surface area contributed by atoms with Crippen LogP contribution in [0.3, 0.4) is 0 Å². The van der Waals surface area contributed by atoms with Gasteiger partial charge in [0.15, 0.2) is 0 Å². The van der Waals surface area contributed by atoms with Crippen LogP contribution in [0.4, 0.5) is 4.79 Å². The van der Waals surface area contributed by atoms with Crippen molar-refractivity contribution in [3.05, 3.63) is 35.9 Å². The molecule has 1 saturated heterocycles. The normalized spacial score (nSPS) is 15.4. The summed E-state index contributed by atoms with van der Waals surface area (Å²) in [6, 6.07) is 10.0. The molecule has 0 atom stereocenters. The maximum atomic E-state index is 11.9. The third-order valence-corrected chi connectivity index (χ3v) is 3.08. The van der Waals surface area contributed by atoms with Crippen molar-refractivity contribution in [3.8, 4) is 0 Å². The zero-order valence-electron chi connectivity index (χ0n) is 12.2. The van der Waals surface area contributed by atoms with Crippen molar-refractivity contribution in [2.75, 3.05) is 33.2 Å². The average Bonchev–Trinajstić information content (AvgIpc) is 2.49. The Balaban J connectivity index is 0.000000861. The van der Waals surface area contributed by atoms with Crippen LogP contribution in [0, 0.1) is 0 Å². The fourth-order valence-corrected chi connectivity index (χ4v) is 1.89. The molecule has 2 amide bonds. The molecule has 1 fully saturated rings. The Morgan fingerprint density at radius 3 is 2.26 bits per heavy atom. The summed E-state index contributed by atoms with van der Waals surface area (Å²) < 4.78 is 0. The summed E-state index contributed by atoms with van der Waals surface area (Å²) in [6.07, 6.45) is 0. The zero-order valence-corrected chi connectivity index (χ0v) is 12.2. The van der Waals surface area contributed by atoms with Gasteiger partial charge in [0, 0.05) is 32.7 Å². The first-order valence-electron chi connectivity index (χ1n) is 7.01. The van der Waals surface area contributed by atoms with E-state index in [0.717, 1.165) is 31.7 Å². The van der Waals surface area contributed by atoms with Gasteiger partial charge in [0.25, 0.3) is 0 Å². The zero-order chi connectivity index (χ0) is 14.1. The van der Waals surface area contributed by atoms with Crippen molar-refractivity contribution in [2.24, 2.45) is 0 Å². The number of likely N-dealkylation sites (N-methyl/N-ethyl adjacent to an activating group) is 1. The molecule has 19 heavy (non-hydrogen) atoms. The predicted octanol–water partition coefficient (Wildman–Crippen LogP) is 2.17. The van der Waals surface area contributed by atoms with Crippen molar-refractivity contribution in [1.29, 1.82) is 0 Å². The minimum absolute atomic E-state index is 0.0435. The van der Waals surface area contributed by atoms with E-state index in [2.05, 4.69) is 17.3 Å². The molecule has 1 aromatic carbocycles. The molecule has 0 aromatic heterocycles. The second kappa shape index (κ2) is 8.53. The van der Waals surface area contributed by atoms with Gasteiger partial charge in [-0.2, -0.15) is 0 Å². The van der Waals surface area contributed by atoms with Crippen molar-refractivity contribution in [1.82, 2.24) is 15.1 Å². The Labute approximate surface area is 116 Å². The molecule has 0 saturated carbocycles. The van der Waals surface area contributed by atoms with Crippen LogP contribution in [-0.2, 0) is 6.54 Å². The van der Waals surface area contributed by atoms with E-state index in [1.54, 1.807) is 0 Å². The fourth-order valence-electron chi connectivity index (χ4n) is 1.89. The summed E-state index contributed by atoms with van der Waals surface area (Å²) in [5, 5.41) is 2.95. The highest BCUT2D eigenvalue weighted by Crippen LogP contribution is 2.01. The molecular formula is C15H25N3O. The summed E-state index contributed by atoms with van der Waals surface area (Å²) in [6.45, 7) is 8.15. The quantitative estimate of drug-likeness (QED) is 0.887. The number of nitrogens with zero attached hydrogens (tertiary/aromatic N) is 2. The highest BCUT2D eigenvalue weighted by molar-refractivity contribution is 5.74. The number of carbonyl (C=O) groups is 1. The SMILES string of the molecule is CC.CN1CCN(C(=O)NCc2ccccc2)CC1. The maximum absolute atomic E-state index is 11.9. The number of benzene rings is 1. The van der Waals surface area contributed by atoms with Crippen LogP contribution in [0.15, 0.2) is 30.3 Å². The molecule has 106 valence electrons. The molecule has 1 N–H and O–H groups in total. The molecule has 0 bridgehead atoms. The lowest BCUT2D eigenvalue weighted by Gasteiger charge is -2.32. The molecule has 4 nitrogen and oxygen atoms in total. The minimum atomic E-state index is 0.0435. The molecule has 1 aromatic rings. The average molecular weight is 263 g/mol. The Bertz CT molecular complexity index is 359. The molecule has 0 aliphatic carbocycles. The Kier molecular flexibility index (Phi) is 6.97. The number of rotatable bonds is 2. The van der Waals surface area contributed by atoms with E-state index in [1.807, 2.05) is 49.1 Å². The van der Waals surface area contributed by atoms with E-state index in [9.17, 15) is 4.79 Å². The van der Waals surface area contributed by atoms with Gasteiger partial charge in [0.1, 0.15) is 0 Å². The molecular weight excluding hydrogens is 238 g/mol. The minimum Gasteiger partial charge on any atom is -0.334 e. The van der Waals surface area contributed by atoms with E-state index in [-0.39, 0.29) is 6.03 Å². The second-order valence-corrected chi connectivity index (χ2v) is 4.43. The third-order valence-electron chi connectivity index (χ3n) is 3.08. The molecule has 2 rings (SSSR count). The first-order chi connectivity index (χ1) is 9.25. The van der Waals surface area contributed by atoms with Gasteiger partial charge in [-0.05, 0) is 12.6 Å². The van der Waals surface area contributed by atoms with E-state index < -0.39 is 0 Å². The number of carbonyl (C=O) groups excluding carboxylic acids is 1. The van der Waals surface area contributed by atoms with E-state index in [0.29, 0.717) is 6.54 Å². The van der Waals surface area contributed by atoms with Gasteiger partial charge in [0.05, 0.1) is 0 Å². The number of amides is 2.